The maximum Gasteiger partial charge on any atom is 0.146 e. The van der Waals surface area contributed by atoms with Gasteiger partial charge in [-0.05, 0) is 37.3 Å². The second kappa shape index (κ2) is 9.67. The van der Waals surface area contributed by atoms with E-state index in [1.165, 1.54) is 0 Å². The fraction of sp³-hybridized carbons (Fsp3) is 0.385. The lowest BCUT2D eigenvalue weighted by Gasteiger charge is -2.23. The smallest absolute Gasteiger partial charge is 0.146 e. The predicted octanol–water partition coefficient (Wildman–Crippen LogP) is 5.13. The average molecular weight is 432 g/mol. The van der Waals surface area contributed by atoms with Gasteiger partial charge in [0, 0.05) is 31.8 Å². The van der Waals surface area contributed by atoms with E-state index in [1.54, 1.807) is 0 Å². The maximum absolute atomic E-state index is 6.18. The molecule has 6 nitrogen and oxygen atoms in total. The molecule has 0 N–H and O–H groups in total. The van der Waals surface area contributed by atoms with Crippen LogP contribution in [0.25, 0.3) is 21.9 Å². The van der Waals surface area contributed by atoms with Gasteiger partial charge in [-0.3, -0.25) is 0 Å². The topological polar surface area (TPSA) is 58.4 Å². The van der Waals surface area contributed by atoms with Gasteiger partial charge in [0.15, 0.2) is 0 Å². The van der Waals surface area contributed by atoms with Crippen LogP contribution in [0.5, 0.6) is 5.75 Å². The standard InChI is InChI=1S/C26H29N3O3/c1-2-30-18-24-28-22-15-27-25-21(26(22)29(24)16-19-11-13-31-14-12-19)9-6-10-23(25)32-17-20-7-4-3-5-8-20/h3-10,15,19H,2,11-14,16-18H2,1H3. The zero-order valence-electron chi connectivity index (χ0n) is 18.5. The van der Waals surface area contributed by atoms with Crippen LogP contribution >= 0.6 is 0 Å². The summed E-state index contributed by atoms with van der Waals surface area (Å²) in [6, 6.07) is 16.4. The molecule has 1 saturated heterocycles. The van der Waals surface area contributed by atoms with Crippen LogP contribution in [0, 0.1) is 5.92 Å². The molecule has 4 aromatic rings. The van der Waals surface area contributed by atoms with Gasteiger partial charge in [-0.1, -0.05) is 42.5 Å². The van der Waals surface area contributed by atoms with Crippen LogP contribution < -0.4 is 4.74 Å². The maximum atomic E-state index is 6.18. The predicted molar refractivity (Wildman–Crippen MR) is 125 cm³/mol. The first kappa shape index (κ1) is 20.9. The quantitative estimate of drug-likeness (QED) is 0.387. The van der Waals surface area contributed by atoms with Gasteiger partial charge in [0.1, 0.15) is 35.8 Å². The molecular weight excluding hydrogens is 402 g/mol. The largest absolute Gasteiger partial charge is 0.487 e. The van der Waals surface area contributed by atoms with Crippen LogP contribution in [-0.2, 0) is 29.2 Å². The molecular formula is C26H29N3O3. The van der Waals surface area contributed by atoms with Gasteiger partial charge in [0.05, 0.1) is 11.7 Å². The summed E-state index contributed by atoms with van der Waals surface area (Å²) in [5, 5.41) is 1.07. The number of aromatic nitrogens is 3. The number of rotatable bonds is 8. The molecule has 166 valence electrons. The average Bonchev–Trinajstić information content (AvgIpc) is 3.20. The molecule has 0 saturated carbocycles. The van der Waals surface area contributed by atoms with Crippen LogP contribution in [0.15, 0.2) is 54.7 Å². The molecule has 0 bridgehead atoms. The number of pyridine rings is 1. The van der Waals surface area contributed by atoms with E-state index in [4.69, 9.17) is 24.2 Å². The number of hydrogen-bond donors (Lipinski definition) is 0. The number of ether oxygens (including phenoxy) is 3. The van der Waals surface area contributed by atoms with Gasteiger partial charge in [-0.2, -0.15) is 0 Å². The number of imidazole rings is 1. The highest BCUT2D eigenvalue weighted by Gasteiger charge is 2.21. The van der Waals surface area contributed by atoms with Gasteiger partial charge in [-0.15, -0.1) is 0 Å². The molecule has 0 atom stereocenters. The van der Waals surface area contributed by atoms with Crippen molar-refractivity contribution in [3.05, 3.63) is 66.1 Å². The van der Waals surface area contributed by atoms with Crippen molar-refractivity contribution in [2.75, 3.05) is 19.8 Å². The highest BCUT2D eigenvalue weighted by molar-refractivity contribution is 6.04. The molecule has 0 amide bonds. The molecule has 0 radical (unpaired) electrons. The molecule has 6 heteroatoms. The molecule has 0 unspecified atom stereocenters. The first-order valence-corrected chi connectivity index (χ1v) is 11.4. The molecule has 1 aliphatic rings. The first-order valence-electron chi connectivity index (χ1n) is 11.4. The van der Waals surface area contributed by atoms with Crippen molar-refractivity contribution in [2.45, 2.75) is 39.5 Å². The number of benzene rings is 2. The van der Waals surface area contributed by atoms with Crippen molar-refractivity contribution in [2.24, 2.45) is 5.92 Å². The summed E-state index contributed by atoms with van der Waals surface area (Å²) < 4.78 is 19.8. The van der Waals surface area contributed by atoms with E-state index in [0.717, 1.165) is 71.7 Å². The SMILES string of the molecule is CCOCc1nc2cnc3c(OCc4ccccc4)cccc3c2n1CC1CCOCC1. The Kier molecular flexibility index (Phi) is 6.32. The second-order valence-corrected chi connectivity index (χ2v) is 8.25. The Labute approximate surface area is 188 Å². The number of para-hydroxylation sites is 1. The molecule has 1 fully saturated rings. The molecule has 32 heavy (non-hydrogen) atoms. The van der Waals surface area contributed by atoms with Crippen molar-refractivity contribution in [1.29, 1.82) is 0 Å². The molecule has 0 aliphatic carbocycles. The summed E-state index contributed by atoms with van der Waals surface area (Å²) in [6.07, 6.45) is 4.01. The lowest BCUT2D eigenvalue weighted by atomic mass is 10.00. The zero-order valence-corrected chi connectivity index (χ0v) is 18.5. The minimum absolute atomic E-state index is 0.500. The van der Waals surface area contributed by atoms with Gasteiger partial charge >= 0.3 is 0 Å². The third-order valence-corrected chi connectivity index (χ3v) is 6.10. The van der Waals surface area contributed by atoms with Crippen LogP contribution in [0.2, 0.25) is 0 Å². The van der Waals surface area contributed by atoms with E-state index >= 15 is 0 Å². The molecule has 5 rings (SSSR count). The minimum atomic E-state index is 0.500. The summed E-state index contributed by atoms with van der Waals surface area (Å²) in [5.74, 6) is 2.32. The van der Waals surface area contributed by atoms with Crippen LogP contribution in [0.3, 0.4) is 0 Å². The van der Waals surface area contributed by atoms with E-state index in [9.17, 15) is 0 Å². The Bertz CT molecular complexity index is 1180. The van der Waals surface area contributed by atoms with Crippen LogP contribution in [0.4, 0.5) is 0 Å². The van der Waals surface area contributed by atoms with E-state index < -0.39 is 0 Å². The normalized spacial score (nSPS) is 14.9. The fourth-order valence-corrected chi connectivity index (χ4v) is 4.40. The summed E-state index contributed by atoms with van der Waals surface area (Å²) in [6.45, 7) is 6.26. The number of nitrogens with zero attached hydrogens (tertiary/aromatic N) is 3. The summed E-state index contributed by atoms with van der Waals surface area (Å²) in [5.41, 5.74) is 4.02. The highest BCUT2D eigenvalue weighted by Crippen LogP contribution is 2.32. The Morgan fingerprint density at radius 1 is 1.03 bits per heavy atom. The second-order valence-electron chi connectivity index (χ2n) is 8.25. The molecule has 0 spiro atoms. The van der Waals surface area contributed by atoms with Crippen molar-refractivity contribution in [3.63, 3.8) is 0 Å². The monoisotopic (exact) mass is 431 g/mol. The Morgan fingerprint density at radius 2 is 1.88 bits per heavy atom. The Morgan fingerprint density at radius 3 is 2.69 bits per heavy atom. The van der Waals surface area contributed by atoms with Gasteiger partial charge in [0.25, 0.3) is 0 Å². The summed E-state index contributed by atoms with van der Waals surface area (Å²) in [7, 11) is 0. The van der Waals surface area contributed by atoms with Gasteiger partial charge in [-0.25, -0.2) is 9.97 Å². The molecule has 3 heterocycles. The zero-order chi connectivity index (χ0) is 21.8. The fourth-order valence-electron chi connectivity index (χ4n) is 4.40. The van der Waals surface area contributed by atoms with E-state index in [-0.39, 0.29) is 0 Å². The minimum Gasteiger partial charge on any atom is -0.487 e. The molecule has 1 aliphatic heterocycles. The van der Waals surface area contributed by atoms with Crippen molar-refractivity contribution >= 4 is 21.9 Å². The Hall–Kier alpha value is -2.96. The Balaban J connectivity index is 1.55. The molecule has 2 aromatic carbocycles. The van der Waals surface area contributed by atoms with E-state index in [2.05, 4.69) is 22.8 Å². The number of hydrogen-bond acceptors (Lipinski definition) is 5. The number of fused-ring (bicyclic) bond motifs is 3. The van der Waals surface area contributed by atoms with Crippen LogP contribution in [-0.4, -0.2) is 34.4 Å². The molecule has 2 aromatic heterocycles. The first-order chi connectivity index (χ1) is 15.8. The lowest BCUT2D eigenvalue weighted by molar-refractivity contribution is 0.0603. The highest BCUT2D eigenvalue weighted by atomic mass is 16.5. The lowest BCUT2D eigenvalue weighted by Crippen LogP contribution is -2.21. The van der Waals surface area contributed by atoms with Crippen molar-refractivity contribution in [1.82, 2.24) is 14.5 Å². The van der Waals surface area contributed by atoms with E-state index in [1.807, 2.05) is 43.5 Å². The summed E-state index contributed by atoms with van der Waals surface area (Å²) >= 11 is 0. The van der Waals surface area contributed by atoms with Crippen molar-refractivity contribution in [3.8, 4) is 5.75 Å². The third-order valence-electron chi connectivity index (χ3n) is 6.10. The van der Waals surface area contributed by atoms with Gasteiger partial charge in [0.2, 0.25) is 0 Å². The summed E-state index contributed by atoms with van der Waals surface area (Å²) in [4.78, 5) is 9.63. The van der Waals surface area contributed by atoms with Gasteiger partial charge < -0.3 is 18.8 Å². The third kappa shape index (κ3) is 4.33. The van der Waals surface area contributed by atoms with Crippen LogP contribution in [0.1, 0.15) is 31.2 Å². The van der Waals surface area contributed by atoms with E-state index in [0.29, 0.717) is 25.7 Å². The van der Waals surface area contributed by atoms with Crippen molar-refractivity contribution < 1.29 is 14.2 Å².